The van der Waals surface area contributed by atoms with Gasteiger partial charge in [0.2, 0.25) is 0 Å². The molecule has 0 unspecified atom stereocenters. The van der Waals surface area contributed by atoms with Crippen molar-refractivity contribution in [2.45, 2.75) is 26.9 Å². The Morgan fingerprint density at radius 2 is 2.13 bits per heavy atom. The zero-order valence-corrected chi connectivity index (χ0v) is 18.0. The molecule has 0 fully saturated rings. The van der Waals surface area contributed by atoms with Crippen LogP contribution in [0.25, 0.3) is 11.0 Å². The Morgan fingerprint density at radius 3 is 2.87 bits per heavy atom. The molecule has 0 atom stereocenters. The van der Waals surface area contributed by atoms with Crippen LogP contribution in [0.2, 0.25) is 5.02 Å². The number of nitrogens with zero attached hydrogens (tertiary/aromatic N) is 5. The largest absolute Gasteiger partial charge is 0.349 e. The number of rotatable bonds is 6. The predicted molar refractivity (Wildman–Crippen MR) is 116 cm³/mol. The summed E-state index contributed by atoms with van der Waals surface area (Å²) in [7, 11) is 0. The number of hydrogen-bond acceptors (Lipinski definition) is 6. The molecule has 30 heavy (non-hydrogen) atoms. The molecule has 10 heteroatoms. The Hall–Kier alpha value is -3.04. The summed E-state index contributed by atoms with van der Waals surface area (Å²) < 4.78 is 3.14. The first-order valence-corrected chi connectivity index (χ1v) is 10.5. The fourth-order valence-corrected chi connectivity index (χ4v) is 4.25. The second-order valence-electron chi connectivity index (χ2n) is 6.82. The summed E-state index contributed by atoms with van der Waals surface area (Å²) in [6, 6.07) is 7.35. The summed E-state index contributed by atoms with van der Waals surface area (Å²) in [5, 5.41) is 9.04. The summed E-state index contributed by atoms with van der Waals surface area (Å²) in [6.45, 7) is 4.82. The molecule has 4 rings (SSSR count). The number of carbonyl (C=O) groups is 1. The zero-order chi connectivity index (χ0) is 21.3. The van der Waals surface area contributed by atoms with Crippen LogP contribution in [0.1, 0.15) is 25.9 Å². The first-order valence-electron chi connectivity index (χ1n) is 9.30. The van der Waals surface area contributed by atoms with Crippen LogP contribution >= 0.6 is 22.9 Å². The number of benzene rings is 1. The van der Waals surface area contributed by atoms with E-state index in [2.05, 4.69) is 20.4 Å². The Morgan fingerprint density at radius 1 is 1.30 bits per heavy atom. The highest BCUT2D eigenvalue weighted by atomic mass is 35.5. The zero-order valence-electron chi connectivity index (χ0n) is 16.4. The third kappa shape index (κ3) is 4.12. The smallest absolute Gasteiger partial charge is 0.264 e. The van der Waals surface area contributed by atoms with E-state index < -0.39 is 0 Å². The maximum atomic E-state index is 12.8. The molecule has 154 valence electrons. The van der Waals surface area contributed by atoms with Crippen LogP contribution in [-0.2, 0) is 13.1 Å². The molecule has 0 radical (unpaired) electrons. The molecule has 0 spiro atoms. The van der Waals surface area contributed by atoms with Crippen molar-refractivity contribution in [2.24, 2.45) is 0 Å². The normalized spacial score (nSPS) is 11.2. The molecular formula is C20H19ClN6O2S. The molecule has 0 saturated heterocycles. The molecule has 0 aliphatic carbocycles. The number of fused-ring (bicyclic) bond motifs is 1. The lowest BCUT2D eigenvalue weighted by atomic mass is 10.2. The predicted octanol–water partition coefficient (Wildman–Crippen LogP) is 2.80. The van der Waals surface area contributed by atoms with Crippen molar-refractivity contribution in [2.75, 3.05) is 6.54 Å². The lowest BCUT2D eigenvalue weighted by Gasteiger charge is -2.07. The van der Waals surface area contributed by atoms with Gasteiger partial charge in [-0.1, -0.05) is 23.7 Å². The Balaban J connectivity index is 1.47. The summed E-state index contributed by atoms with van der Waals surface area (Å²) >= 11 is 7.39. The molecule has 3 heterocycles. The lowest BCUT2D eigenvalue weighted by Crippen LogP contribution is -2.27. The van der Waals surface area contributed by atoms with Crippen LogP contribution in [0.4, 0.5) is 0 Å². The highest BCUT2D eigenvalue weighted by molar-refractivity contribution is 7.13. The van der Waals surface area contributed by atoms with Crippen molar-refractivity contribution >= 4 is 39.9 Å². The third-order valence-corrected chi connectivity index (χ3v) is 5.89. The van der Waals surface area contributed by atoms with E-state index in [9.17, 15) is 9.59 Å². The van der Waals surface area contributed by atoms with Gasteiger partial charge in [0.15, 0.2) is 5.65 Å². The number of carbonyl (C=O) groups excluding carboxylic acids is 1. The van der Waals surface area contributed by atoms with Crippen molar-refractivity contribution in [3.63, 3.8) is 0 Å². The van der Waals surface area contributed by atoms with E-state index in [1.165, 1.54) is 28.4 Å². The van der Waals surface area contributed by atoms with Gasteiger partial charge in [-0.15, -0.1) is 11.3 Å². The summed E-state index contributed by atoms with van der Waals surface area (Å²) in [5.74, 6) is -0.161. The van der Waals surface area contributed by atoms with Crippen LogP contribution in [0.3, 0.4) is 0 Å². The van der Waals surface area contributed by atoms with Crippen molar-refractivity contribution in [1.29, 1.82) is 0 Å². The molecule has 3 aromatic heterocycles. The minimum Gasteiger partial charge on any atom is -0.349 e. The number of halogens is 1. The van der Waals surface area contributed by atoms with Crippen LogP contribution < -0.4 is 10.9 Å². The number of thiazole rings is 1. The molecule has 1 amide bonds. The van der Waals surface area contributed by atoms with Crippen molar-refractivity contribution in [1.82, 2.24) is 29.6 Å². The standard InChI is InChI=1S/C20H19ClN6O2S/c1-12-17(30-13(2)25-12)19(28)22-6-7-27-18-16(9-24-27)20(29)26(11-23-18)10-14-4-3-5-15(21)8-14/h3-5,8-9,11H,6-7,10H2,1-2H3,(H,22,28). The average molecular weight is 443 g/mol. The van der Waals surface area contributed by atoms with Gasteiger partial charge in [-0.05, 0) is 31.5 Å². The van der Waals surface area contributed by atoms with Gasteiger partial charge in [0.25, 0.3) is 11.5 Å². The Kier molecular flexibility index (Phi) is 5.65. The van der Waals surface area contributed by atoms with E-state index in [1.807, 2.05) is 32.0 Å². The number of nitrogens with one attached hydrogen (secondary N) is 1. The van der Waals surface area contributed by atoms with E-state index in [-0.39, 0.29) is 11.5 Å². The van der Waals surface area contributed by atoms with Crippen LogP contribution in [0, 0.1) is 13.8 Å². The molecule has 0 aliphatic rings. The van der Waals surface area contributed by atoms with E-state index in [0.29, 0.717) is 40.6 Å². The van der Waals surface area contributed by atoms with E-state index in [1.54, 1.807) is 10.7 Å². The SMILES string of the molecule is Cc1nc(C)c(C(=O)NCCn2ncc3c(=O)n(Cc4cccc(Cl)c4)cnc32)s1. The van der Waals surface area contributed by atoms with E-state index in [0.717, 1.165) is 16.3 Å². The van der Waals surface area contributed by atoms with Crippen molar-refractivity contribution < 1.29 is 4.79 Å². The summed E-state index contributed by atoms with van der Waals surface area (Å²) in [6.07, 6.45) is 3.02. The maximum absolute atomic E-state index is 12.8. The molecule has 0 bridgehead atoms. The van der Waals surface area contributed by atoms with Gasteiger partial charge in [0, 0.05) is 11.6 Å². The molecule has 4 aromatic rings. The molecule has 8 nitrogen and oxygen atoms in total. The van der Waals surface area contributed by atoms with Gasteiger partial charge in [0.05, 0.1) is 30.0 Å². The number of amides is 1. The minimum absolute atomic E-state index is 0.161. The monoisotopic (exact) mass is 442 g/mol. The fourth-order valence-electron chi connectivity index (χ4n) is 3.20. The first-order chi connectivity index (χ1) is 14.4. The molecular weight excluding hydrogens is 424 g/mol. The maximum Gasteiger partial charge on any atom is 0.264 e. The van der Waals surface area contributed by atoms with Gasteiger partial charge in [-0.25, -0.2) is 14.6 Å². The topological polar surface area (TPSA) is 94.7 Å². The Bertz CT molecular complexity index is 1290. The quantitative estimate of drug-likeness (QED) is 0.495. The van der Waals surface area contributed by atoms with Gasteiger partial charge in [-0.3, -0.25) is 14.2 Å². The number of aryl methyl sites for hydroxylation is 2. The Labute approximate surface area is 181 Å². The molecule has 1 N–H and O–H groups in total. The van der Waals surface area contributed by atoms with Gasteiger partial charge in [0.1, 0.15) is 16.6 Å². The van der Waals surface area contributed by atoms with Crippen LogP contribution in [-0.4, -0.2) is 36.8 Å². The van der Waals surface area contributed by atoms with Crippen LogP contribution in [0.5, 0.6) is 0 Å². The van der Waals surface area contributed by atoms with Gasteiger partial charge < -0.3 is 5.32 Å². The third-order valence-electron chi connectivity index (χ3n) is 4.58. The number of hydrogen-bond donors (Lipinski definition) is 1. The van der Waals surface area contributed by atoms with Gasteiger partial charge in [-0.2, -0.15) is 5.10 Å². The number of aromatic nitrogens is 5. The lowest BCUT2D eigenvalue weighted by molar-refractivity contribution is 0.0955. The average Bonchev–Trinajstić information content (AvgIpc) is 3.27. The van der Waals surface area contributed by atoms with Gasteiger partial charge >= 0.3 is 0 Å². The minimum atomic E-state index is -0.175. The molecule has 1 aromatic carbocycles. The molecule has 0 saturated carbocycles. The van der Waals surface area contributed by atoms with Crippen LogP contribution in [0.15, 0.2) is 41.6 Å². The van der Waals surface area contributed by atoms with E-state index >= 15 is 0 Å². The molecule has 0 aliphatic heterocycles. The van der Waals surface area contributed by atoms with Crippen molar-refractivity contribution in [3.8, 4) is 0 Å². The second-order valence-corrected chi connectivity index (χ2v) is 8.46. The summed E-state index contributed by atoms with van der Waals surface area (Å²) in [4.78, 5) is 34.4. The fraction of sp³-hybridized carbons (Fsp3) is 0.250. The first kappa shape index (κ1) is 20.2. The van der Waals surface area contributed by atoms with E-state index in [4.69, 9.17) is 11.6 Å². The van der Waals surface area contributed by atoms with Crippen molar-refractivity contribution in [3.05, 3.63) is 73.3 Å². The highest BCUT2D eigenvalue weighted by Crippen LogP contribution is 2.16. The second kappa shape index (κ2) is 8.37. The highest BCUT2D eigenvalue weighted by Gasteiger charge is 2.14. The summed E-state index contributed by atoms with van der Waals surface area (Å²) in [5.41, 5.74) is 1.95.